The van der Waals surface area contributed by atoms with Crippen molar-refractivity contribution in [1.82, 2.24) is 0 Å². The van der Waals surface area contributed by atoms with E-state index in [-0.39, 0.29) is 11.8 Å². The Morgan fingerprint density at radius 3 is 2.25 bits per heavy atom. The molecule has 5 nitrogen and oxygen atoms in total. The molecule has 0 aromatic heterocycles. The molecule has 0 heterocycles. The van der Waals surface area contributed by atoms with Gasteiger partial charge in [0.1, 0.15) is 0 Å². The van der Waals surface area contributed by atoms with Gasteiger partial charge in [0.25, 0.3) is 0 Å². The van der Waals surface area contributed by atoms with Gasteiger partial charge in [0.2, 0.25) is 5.91 Å². The van der Waals surface area contributed by atoms with Gasteiger partial charge in [0, 0.05) is 22.8 Å². The molecule has 1 aliphatic rings. The van der Waals surface area contributed by atoms with Crippen LogP contribution < -0.4 is 10.2 Å². The number of carbonyl (C=O) groups is 2. The van der Waals surface area contributed by atoms with Gasteiger partial charge >= 0.3 is 6.09 Å². The number of benzene rings is 1. The molecule has 1 aliphatic carbocycles. The van der Waals surface area contributed by atoms with Gasteiger partial charge in [-0.3, -0.25) is 9.69 Å². The van der Waals surface area contributed by atoms with E-state index in [9.17, 15) is 9.59 Å². The minimum atomic E-state index is -0.445. The van der Waals surface area contributed by atoms with Crippen LogP contribution in [-0.4, -0.2) is 24.6 Å². The van der Waals surface area contributed by atoms with Crippen molar-refractivity contribution >= 4 is 23.4 Å². The van der Waals surface area contributed by atoms with Crippen LogP contribution in [0.4, 0.5) is 16.2 Å². The largest absolute Gasteiger partial charge is 0.452 e. The second-order valence-corrected chi connectivity index (χ2v) is 8.81. The molecule has 0 radical (unpaired) electrons. The molecule has 1 saturated carbocycles. The maximum Gasteiger partial charge on any atom is 0.414 e. The van der Waals surface area contributed by atoms with E-state index in [4.69, 9.17) is 4.74 Å². The summed E-state index contributed by atoms with van der Waals surface area (Å²) in [6.45, 7) is 10.2. The van der Waals surface area contributed by atoms with E-state index in [2.05, 4.69) is 19.2 Å². The summed E-state index contributed by atoms with van der Waals surface area (Å²) in [5, 5.41) is 3.13. The molecule has 1 fully saturated rings. The summed E-state index contributed by atoms with van der Waals surface area (Å²) in [6.07, 6.45) is 5.14. The van der Waals surface area contributed by atoms with Crippen molar-refractivity contribution in [3.05, 3.63) is 24.3 Å². The fraction of sp³-hybridized carbons (Fsp3) is 0.652. The first-order valence-corrected chi connectivity index (χ1v) is 10.5. The number of hydrogen-bond donors (Lipinski definition) is 1. The third-order valence-corrected chi connectivity index (χ3v) is 5.92. The summed E-state index contributed by atoms with van der Waals surface area (Å²) < 4.78 is 4.97. The summed E-state index contributed by atoms with van der Waals surface area (Å²) in [6, 6.07) is 7.46. The quantitative estimate of drug-likeness (QED) is 0.688. The molecule has 2 unspecified atom stereocenters. The average Bonchev–Trinajstić information content (AvgIpc) is 2.66. The Labute approximate surface area is 169 Å². The van der Waals surface area contributed by atoms with E-state index in [1.54, 1.807) is 4.90 Å². The number of methoxy groups -OCH3 is 1. The zero-order chi connectivity index (χ0) is 20.9. The second kappa shape index (κ2) is 9.44. The predicted molar refractivity (Wildman–Crippen MR) is 115 cm³/mol. The molecular weight excluding hydrogens is 352 g/mol. The van der Waals surface area contributed by atoms with Crippen LogP contribution in [0.3, 0.4) is 0 Å². The summed E-state index contributed by atoms with van der Waals surface area (Å²) in [5.41, 5.74) is 0.982. The minimum absolute atomic E-state index is 0.0618. The van der Waals surface area contributed by atoms with Gasteiger partial charge in [-0.15, -0.1) is 0 Å². The number of nitrogens with one attached hydrogen (secondary N) is 1. The number of nitrogens with zero attached hydrogens (tertiary/aromatic N) is 1. The monoisotopic (exact) mass is 388 g/mol. The van der Waals surface area contributed by atoms with Crippen molar-refractivity contribution < 1.29 is 14.3 Å². The van der Waals surface area contributed by atoms with Crippen LogP contribution in [0.15, 0.2) is 24.3 Å². The molecule has 2 amide bonds. The van der Waals surface area contributed by atoms with Crippen LogP contribution in [-0.2, 0) is 9.53 Å². The molecule has 0 bridgehead atoms. The molecule has 2 rings (SSSR count). The summed E-state index contributed by atoms with van der Waals surface area (Å²) in [5.74, 6) is 1.06. The van der Waals surface area contributed by atoms with Crippen molar-refractivity contribution in [2.24, 2.45) is 17.8 Å². The third kappa shape index (κ3) is 5.06. The molecule has 2 atom stereocenters. The molecule has 5 heteroatoms. The van der Waals surface area contributed by atoms with Crippen LogP contribution in [0.25, 0.3) is 0 Å². The number of anilines is 2. The van der Waals surface area contributed by atoms with Gasteiger partial charge in [0.15, 0.2) is 0 Å². The van der Waals surface area contributed by atoms with Gasteiger partial charge in [-0.1, -0.05) is 39.2 Å². The fourth-order valence-electron chi connectivity index (χ4n) is 4.54. The van der Waals surface area contributed by atoms with E-state index in [0.717, 1.165) is 31.4 Å². The SMILES string of the molecule is CCC1CCCC(CC)C1C(=O)Nc1cccc(N(C(=O)OC)C(C)(C)C)c1. The Morgan fingerprint density at radius 2 is 1.75 bits per heavy atom. The van der Waals surface area contributed by atoms with Crippen molar-refractivity contribution in [1.29, 1.82) is 0 Å². The lowest BCUT2D eigenvalue weighted by Crippen LogP contribution is -2.46. The van der Waals surface area contributed by atoms with E-state index in [1.165, 1.54) is 13.5 Å². The molecule has 0 spiro atoms. The Hall–Kier alpha value is -2.04. The Bertz CT molecular complexity index is 669. The maximum absolute atomic E-state index is 13.2. The molecule has 1 N–H and O–H groups in total. The molecule has 28 heavy (non-hydrogen) atoms. The summed E-state index contributed by atoms with van der Waals surface area (Å²) in [4.78, 5) is 27.1. The van der Waals surface area contributed by atoms with E-state index < -0.39 is 11.6 Å². The summed E-state index contributed by atoms with van der Waals surface area (Å²) >= 11 is 0. The van der Waals surface area contributed by atoms with Gasteiger partial charge in [-0.25, -0.2) is 4.79 Å². The molecule has 1 aromatic carbocycles. The molecule has 1 aromatic rings. The Morgan fingerprint density at radius 1 is 1.14 bits per heavy atom. The van der Waals surface area contributed by atoms with Crippen molar-refractivity contribution in [3.63, 3.8) is 0 Å². The van der Waals surface area contributed by atoms with Crippen molar-refractivity contribution in [2.75, 3.05) is 17.3 Å². The first-order chi connectivity index (χ1) is 13.2. The highest BCUT2D eigenvalue weighted by Crippen LogP contribution is 2.39. The molecule has 156 valence electrons. The van der Waals surface area contributed by atoms with Crippen LogP contribution in [0.2, 0.25) is 0 Å². The number of hydrogen-bond acceptors (Lipinski definition) is 3. The van der Waals surface area contributed by atoms with Crippen LogP contribution in [0.1, 0.15) is 66.7 Å². The van der Waals surface area contributed by atoms with Crippen LogP contribution in [0, 0.1) is 17.8 Å². The smallest absolute Gasteiger partial charge is 0.414 e. The zero-order valence-corrected chi connectivity index (χ0v) is 18.2. The topological polar surface area (TPSA) is 58.6 Å². The highest BCUT2D eigenvalue weighted by atomic mass is 16.5. The minimum Gasteiger partial charge on any atom is -0.452 e. The molecular formula is C23H36N2O3. The fourth-order valence-corrected chi connectivity index (χ4v) is 4.54. The number of rotatable bonds is 5. The molecule has 0 saturated heterocycles. The number of amides is 2. The Kier molecular flexibility index (Phi) is 7.50. The number of carbonyl (C=O) groups excluding carboxylic acids is 2. The van der Waals surface area contributed by atoms with Gasteiger partial charge < -0.3 is 10.1 Å². The lowest BCUT2D eigenvalue weighted by atomic mass is 9.69. The van der Waals surface area contributed by atoms with E-state index >= 15 is 0 Å². The normalized spacial score (nSPS) is 22.4. The second-order valence-electron chi connectivity index (χ2n) is 8.81. The zero-order valence-electron chi connectivity index (χ0n) is 18.2. The van der Waals surface area contributed by atoms with Crippen LogP contribution >= 0.6 is 0 Å². The number of ether oxygens (including phenoxy) is 1. The predicted octanol–water partition coefficient (Wildman–Crippen LogP) is 5.85. The van der Waals surface area contributed by atoms with Crippen LogP contribution in [0.5, 0.6) is 0 Å². The van der Waals surface area contributed by atoms with Crippen molar-refractivity contribution in [3.8, 4) is 0 Å². The van der Waals surface area contributed by atoms with E-state index in [0.29, 0.717) is 17.5 Å². The molecule has 0 aliphatic heterocycles. The van der Waals surface area contributed by atoms with Gasteiger partial charge in [0.05, 0.1) is 7.11 Å². The van der Waals surface area contributed by atoms with Crippen molar-refractivity contribution in [2.45, 2.75) is 72.3 Å². The first-order valence-electron chi connectivity index (χ1n) is 10.5. The van der Waals surface area contributed by atoms with E-state index in [1.807, 2.05) is 45.0 Å². The standard InChI is InChI=1S/C23H36N2O3/c1-7-16-11-9-12-17(8-2)20(16)21(26)24-18-13-10-14-19(15-18)25(22(27)28-6)23(3,4)5/h10,13-17,20H,7-9,11-12H2,1-6H3,(H,24,26). The maximum atomic E-state index is 13.2. The highest BCUT2D eigenvalue weighted by molar-refractivity contribution is 5.95. The average molecular weight is 389 g/mol. The lowest BCUT2D eigenvalue weighted by molar-refractivity contribution is -0.124. The Balaban J connectivity index is 2.25. The highest BCUT2D eigenvalue weighted by Gasteiger charge is 2.36. The van der Waals surface area contributed by atoms with Gasteiger partial charge in [-0.2, -0.15) is 0 Å². The third-order valence-electron chi connectivity index (χ3n) is 5.92. The van der Waals surface area contributed by atoms with Gasteiger partial charge in [-0.05, 0) is 63.6 Å². The lowest BCUT2D eigenvalue weighted by Gasteiger charge is -2.37. The first kappa shape index (κ1) is 22.3. The summed E-state index contributed by atoms with van der Waals surface area (Å²) in [7, 11) is 1.38.